The first-order valence-corrected chi connectivity index (χ1v) is 12.5. The molecule has 0 saturated carbocycles. The second-order valence-corrected chi connectivity index (χ2v) is 9.21. The zero-order chi connectivity index (χ0) is 28.2. The number of halogens is 2. The molecule has 0 aliphatic carbocycles. The van der Waals surface area contributed by atoms with Crippen molar-refractivity contribution in [2.24, 2.45) is 7.05 Å². The third-order valence-electron chi connectivity index (χ3n) is 6.53. The molecule has 202 valence electrons. The minimum atomic E-state index is -0.995. The van der Waals surface area contributed by atoms with E-state index in [2.05, 4.69) is 20.6 Å². The summed E-state index contributed by atoms with van der Waals surface area (Å²) in [6, 6.07) is 18.9. The first kappa shape index (κ1) is 26.5. The highest BCUT2D eigenvalue weighted by Gasteiger charge is 2.21. The lowest BCUT2D eigenvalue weighted by atomic mass is 10.1. The highest BCUT2D eigenvalue weighted by Crippen LogP contribution is 2.18. The average Bonchev–Trinajstić information content (AvgIpc) is 3.16. The number of amides is 1. The van der Waals surface area contributed by atoms with Gasteiger partial charge in [-0.05, 0) is 54.4 Å². The lowest BCUT2D eigenvalue weighted by Gasteiger charge is -2.08. The molecule has 1 amide bonds. The fourth-order valence-electron chi connectivity index (χ4n) is 4.31. The quantitative estimate of drug-likeness (QED) is 0.291. The van der Waals surface area contributed by atoms with Gasteiger partial charge in [0.05, 0.1) is 12.1 Å². The zero-order valence-electron chi connectivity index (χ0n) is 21.9. The van der Waals surface area contributed by atoms with Gasteiger partial charge < -0.3 is 10.6 Å². The van der Waals surface area contributed by atoms with Crippen molar-refractivity contribution < 1.29 is 13.6 Å². The van der Waals surface area contributed by atoms with Crippen LogP contribution in [0.4, 0.5) is 20.4 Å². The lowest BCUT2D eigenvalue weighted by Crippen LogP contribution is -2.31. The molecule has 0 atom stereocenters. The van der Waals surface area contributed by atoms with E-state index in [1.807, 2.05) is 54.6 Å². The summed E-state index contributed by atoms with van der Waals surface area (Å²) in [7, 11) is 1.64. The van der Waals surface area contributed by atoms with Crippen LogP contribution in [0.25, 0.3) is 17.0 Å². The summed E-state index contributed by atoms with van der Waals surface area (Å²) in [6.45, 7) is 1.85. The Hall–Kier alpha value is -5.12. The average molecular weight is 541 g/mol. The smallest absolute Gasteiger partial charge is 0.280 e. The fraction of sp³-hybridized carbons (Fsp3) is 0.133. The number of aromatic nitrogens is 4. The number of para-hydroxylation sites is 1. The van der Waals surface area contributed by atoms with Crippen LogP contribution < -0.4 is 16.2 Å². The molecule has 0 saturated heterocycles. The first-order chi connectivity index (χ1) is 19.3. The molecule has 40 heavy (non-hydrogen) atoms. The van der Waals surface area contributed by atoms with Crippen molar-refractivity contribution in [2.75, 3.05) is 11.9 Å². The van der Waals surface area contributed by atoms with Gasteiger partial charge in [0.15, 0.2) is 11.6 Å². The van der Waals surface area contributed by atoms with Crippen molar-refractivity contribution in [3.63, 3.8) is 0 Å². The summed E-state index contributed by atoms with van der Waals surface area (Å²) in [5, 5.41) is 6.79. The Kier molecular flexibility index (Phi) is 7.50. The molecule has 10 heteroatoms. The minimum Gasteiger partial charge on any atom is -0.348 e. The number of anilines is 2. The number of rotatable bonds is 8. The largest absolute Gasteiger partial charge is 0.348 e. The van der Waals surface area contributed by atoms with Gasteiger partial charge in [-0.15, -0.1) is 0 Å². The number of nitrogens with zero attached hydrogens (tertiary/aromatic N) is 4. The van der Waals surface area contributed by atoms with E-state index in [0.717, 1.165) is 34.3 Å². The zero-order valence-corrected chi connectivity index (χ0v) is 21.9. The minimum absolute atomic E-state index is 0.00116. The number of hydrogen-bond acceptors (Lipinski definition) is 5. The first-order valence-electron chi connectivity index (χ1n) is 12.5. The Labute approximate surface area is 228 Å². The van der Waals surface area contributed by atoms with E-state index in [1.165, 1.54) is 15.4 Å². The maximum Gasteiger partial charge on any atom is 0.280 e. The topological polar surface area (TPSA) is 93.8 Å². The third-order valence-corrected chi connectivity index (χ3v) is 6.53. The number of hydrogen-bond donors (Lipinski definition) is 2. The maximum absolute atomic E-state index is 13.6. The molecule has 0 fully saturated rings. The fourth-order valence-corrected chi connectivity index (χ4v) is 4.31. The van der Waals surface area contributed by atoms with E-state index in [4.69, 9.17) is 0 Å². The molecule has 0 bridgehead atoms. The Bertz CT molecular complexity index is 1790. The van der Waals surface area contributed by atoms with Crippen molar-refractivity contribution in [3.8, 4) is 0 Å². The van der Waals surface area contributed by atoms with Gasteiger partial charge in [-0.1, -0.05) is 42.5 Å². The maximum atomic E-state index is 13.6. The second kappa shape index (κ2) is 11.3. The number of fused-ring (bicyclic) bond motifs is 1. The van der Waals surface area contributed by atoms with Gasteiger partial charge in [-0.3, -0.25) is 14.3 Å². The second-order valence-electron chi connectivity index (χ2n) is 9.21. The van der Waals surface area contributed by atoms with Crippen LogP contribution in [0.5, 0.6) is 0 Å². The van der Waals surface area contributed by atoms with Gasteiger partial charge >= 0.3 is 0 Å². The summed E-state index contributed by atoms with van der Waals surface area (Å²) in [6.07, 6.45) is 5.38. The highest BCUT2D eigenvalue weighted by atomic mass is 19.2. The standard InChI is InChI=1S/C30H26F2N6O2/c1-19-27(29(40)38(37(19)2)18-21-10-12-24(31)25(32)16-21)28(39)33-14-6-7-20-11-13-26-22(15-20)17-34-30(36-26)35-23-8-4-3-5-9-23/h3-13,15-17H,14,18H2,1-2H3,(H,33,39)(H,34,35,36). The van der Waals surface area contributed by atoms with Gasteiger partial charge in [0, 0.05) is 36.6 Å². The van der Waals surface area contributed by atoms with Crippen LogP contribution in [0.15, 0.2) is 83.8 Å². The summed E-state index contributed by atoms with van der Waals surface area (Å²) in [4.78, 5) is 34.8. The van der Waals surface area contributed by atoms with E-state index >= 15 is 0 Å². The van der Waals surface area contributed by atoms with Crippen molar-refractivity contribution in [2.45, 2.75) is 13.5 Å². The molecule has 5 rings (SSSR count). The molecule has 2 heterocycles. The monoisotopic (exact) mass is 540 g/mol. The van der Waals surface area contributed by atoms with Gasteiger partial charge in [0.2, 0.25) is 5.95 Å². The van der Waals surface area contributed by atoms with Crippen LogP contribution in [-0.2, 0) is 13.6 Å². The van der Waals surface area contributed by atoms with Crippen molar-refractivity contribution in [1.29, 1.82) is 0 Å². The van der Waals surface area contributed by atoms with E-state index in [9.17, 15) is 18.4 Å². The van der Waals surface area contributed by atoms with E-state index < -0.39 is 23.1 Å². The van der Waals surface area contributed by atoms with Crippen LogP contribution in [0.1, 0.15) is 27.2 Å². The highest BCUT2D eigenvalue weighted by molar-refractivity contribution is 5.95. The van der Waals surface area contributed by atoms with Crippen LogP contribution >= 0.6 is 0 Å². The van der Waals surface area contributed by atoms with Crippen LogP contribution in [-0.4, -0.2) is 31.8 Å². The molecule has 0 unspecified atom stereocenters. The van der Waals surface area contributed by atoms with Crippen LogP contribution in [0, 0.1) is 18.6 Å². The predicted octanol–water partition coefficient (Wildman–Crippen LogP) is 4.95. The van der Waals surface area contributed by atoms with Crippen molar-refractivity contribution in [3.05, 3.63) is 123 Å². The summed E-state index contributed by atoms with van der Waals surface area (Å²) in [5.74, 6) is -1.97. The number of carbonyl (C=O) groups excluding carboxylic acids is 1. The Morgan fingerprint density at radius 1 is 1.02 bits per heavy atom. The molecular formula is C30H26F2N6O2. The molecule has 5 aromatic rings. The number of nitrogens with one attached hydrogen (secondary N) is 2. The van der Waals surface area contributed by atoms with Crippen LogP contribution in [0.3, 0.4) is 0 Å². The van der Waals surface area contributed by atoms with Crippen molar-refractivity contribution >= 4 is 34.5 Å². The number of benzene rings is 3. The Morgan fingerprint density at radius 2 is 1.82 bits per heavy atom. The molecule has 0 aliphatic heterocycles. The predicted molar refractivity (Wildman–Crippen MR) is 150 cm³/mol. The van der Waals surface area contributed by atoms with E-state index in [0.29, 0.717) is 17.2 Å². The van der Waals surface area contributed by atoms with Crippen LogP contribution in [0.2, 0.25) is 0 Å². The molecule has 0 spiro atoms. The third kappa shape index (κ3) is 5.65. The summed E-state index contributed by atoms with van der Waals surface area (Å²) < 4.78 is 29.7. The SMILES string of the molecule is Cc1c(C(=O)NCC=Cc2ccc3nc(Nc4ccccc4)ncc3c2)c(=O)n(Cc2ccc(F)c(F)c2)n1C. The van der Waals surface area contributed by atoms with Gasteiger partial charge in [0.1, 0.15) is 5.56 Å². The summed E-state index contributed by atoms with van der Waals surface area (Å²) in [5.41, 5.74) is 2.95. The normalized spacial score (nSPS) is 11.3. The molecule has 2 N–H and O–H groups in total. The lowest BCUT2D eigenvalue weighted by molar-refractivity contribution is 0.0956. The van der Waals surface area contributed by atoms with Gasteiger partial charge in [-0.25, -0.2) is 23.4 Å². The number of carbonyl (C=O) groups is 1. The molecule has 0 radical (unpaired) electrons. The molecule has 0 aliphatic rings. The Balaban J connectivity index is 1.23. The molecule has 8 nitrogen and oxygen atoms in total. The van der Waals surface area contributed by atoms with E-state index in [-0.39, 0.29) is 18.7 Å². The van der Waals surface area contributed by atoms with Gasteiger partial charge in [-0.2, -0.15) is 0 Å². The molecule has 3 aromatic carbocycles. The van der Waals surface area contributed by atoms with Gasteiger partial charge in [0.25, 0.3) is 11.5 Å². The van der Waals surface area contributed by atoms with E-state index in [1.54, 1.807) is 26.2 Å². The van der Waals surface area contributed by atoms with Crippen molar-refractivity contribution in [1.82, 2.24) is 24.6 Å². The summed E-state index contributed by atoms with van der Waals surface area (Å²) >= 11 is 0. The Morgan fingerprint density at radius 3 is 2.60 bits per heavy atom. The molecular weight excluding hydrogens is 514 g/mol. The molecule has 2 aromatic heterocycles.